The largest absolute Gasteiger partial charge is 0.478 e. The quantitative estimate of drug-likeness (QED) is 0.933. The lowest BCUT2D eigenvalue weighted by atomic mass is 10.3. The fourth-order valence-corrected chi connectivity index (χ4v) is 3.64. The standard InChI is InChI=1S/C13H11NO4S2/c1-20(17,18)11-5-3-2-4-10(11)19-12-7-6-9(8-14-12)13(15)16/h2-8H,1H3,(H,15,16). The molecule has 2 aromatic rings. The number of carboxylic acids is 1. The molecule has 0 saturated carbocycles. The molecule has 0 saturated heterocycles. The minimum absolute atomic E-state index is 0.0887. The molecule has 20 heavy (non-hydrogen) atoms. The Morgan fingerprint density at radius 2 is 1.90 bits per heavy atom. The number of aromatic carboxylic acids is 1. The van der Waals surface area contributed by atoms with E-state index < -0.39 is 15.8 Å². The summed E-state index contributed by atoms with van der Waals surface area (Å²) in [5.41, 5.74) is 0.0887. The summed E-state index contributed by atoms with van der Waals surface area (Å²) in [6, 6.07) is 9.59. The van der Waals surface area contributed by atoms with Gasteiger partial charge in [0.1, 0.15) is 5.03 Å². The number of nitrogens with zero attached hydrogens (tertiary/aromatic N) is 1. The van der Waals surface area contributed by atoms with Gasteiger partial charge >= 0.3 is 5.97 Å². The lowest BCUT2D eigenvalue weighted by Gasteiger charge is -2.06. The monoisotopic (exact) mass is 309 g/mol. The Morgan fingerprint density at radius 1 is 1.20 bits per heavy atom. The molecule has 1 heterocycles. The van der Waals surface area contributed by atoms with Crippen molar-refractivity contribution in [3.63, 3.8) is 0 Å². The summed E-state index contributed by atoms with van der Waals surface area (Å²) in [5.74, 6) is -1.05. The van der Waals surface area contributed by atoms with Crippen molar-refractivity contribution in [2.75, 3.05) is 6.26 Å². The maximum atomic E-state index is 11.7. The van der Waals surface area contributed by atoms with Crippen LogP contribution in [-0.4, -0.2) is 30.7 Å². The van der Waals surface area contributed by atoms with Gasteiger partial charge in [0.2, 0.25) is 0 Å². The van der Waals surface area contributed by atoms with Gasteiger partial charge in [-0.15, -0.1) is 0 Å². The molecule has 7 heteroatoms. The van der Waals surface area contributed by atoms with E-state index in [-0.39, 0.29) is 10.5 Å². The molecule has 0 atom stereocenters. The molecule has 5 nitrogen and oxygen atoms in total. The number of rotatable bonds is 4. The predicted octanol–water partition coefficient (Wildman–Crippen LogP) is 2.33. The first-order valence-corrected chi connectivity index (χ1v) is 8.25. The minimum atomic E-state index is -3.32. The Bertz CT molecular complexity index is 739. The molecule has 104 valence electrons. The van der Waals surface area contributed by atoms with Crippen LogP contribution in [0.3, 0.4) is 0 Å². The van der Waals surface area contributed by atoms with E-state index in [1.807, 2.05) is 0 Å². The molecule has 0 bridgehead atoms. The molecule has 0 aliphatic rings. The van der Waals surface area contributed by atoms with Crippen LogP contribution in [0.2, 0.25) is 0 Å². The highest BCUT2D eigenvalue weighted by molar-refractivity contribution is 8.00. The Morgan fingerprint density at radius 3 is 2.45 bits per heavy atom. The number of benzene rings is 1. The van der Waals surface area contributed by atoms with E-state index in [9.17, 15) is 13.2 Å². The van der Waals surface area contributed by atoms with Gasteiger partial charge in [0.05, 0.1) is 10.5 Å². The van der Waals surface area contributed by atoms with Crippen molar-refractivity contribution in [1.82, 2.24) is 4.98 Å². The number of carbonyl (C=O) groups is 1. The molecule has 1 aromatic heterocycles. The van der Waals surface area contributed by atoms with Crippen molar-refractivity contribution in [1.29, 1.82) is 0 Å². The third-order valence-electron chi connectivity index (χ3n) is 2.45. The summed E-state index contributed by atoms with van der Waals surface area (Å²) >= 11 is 1.18. The first kappa shape index (κ1) is 14.5. The fourth-order valence-electron chi connectivity index (χ4n) is 1.52. The maximum Gasteiger partial charge on any atom is 0.337 e. The summed E-state index contributed by atoms with van der Waals surface area (Å²) in [6.45, 7) is 0. The highest BCUT2D eigenvalue weighted by Crippen LogP contribution is 2.31. The second-order valence-corrected chi connectivity index (χ2v) is 7.06. The summed E-state index contributed by atoms with van der Waals surface area (Å²) in [5, 5.41) is 9.32. The van der Waals surface area contributed by atoms with Crippen LogP contribution in [-0.2, 0) is 9.84 Å². The van der Waals surface area contributed by atoms with Crippen LogP contribution in [0.15, 0.2) is 57.4 Å². The molecule has 1 aromatic carbocycles. The second-order valence-electron chi connectivity index (χ2n) is 4.01. The molecule has 0 aliphatic carbocycles. The van der Waals surface area contributed by atoms with Gasteiger partial charge in [-0.1, -0.05) is 23.9 Å². The lowest BCUT2D eigenvalue weighted by molar-refractivity contribution is 0.0696. The van der Waals surface area contributed by atoms with Gasteiger partial charge in [0, 0.05) is 17.3 Å². The Labute approximate surface area is 120 Å². The van der Waals surface area contributed by atoms with E-state index in [1.165, 1.54) is 30.1 Å². The van der Waals surface area contributed by atoms with E-state index in [0.29, 0.717) is 9.92 Å². The predicted molar refractivity (Wildman–Crippen MR) is 74.9 cm³/mol. The average molecular weight is 309 g/mol. The van der Waals surface area contributed by atoms with Crippen LogP contribution < -0.4 is 0 Å². The van der Waals surface area contributed by atoms with Gasteiger partial charge in [0.25, 0.3) is 0 Å². The molecule has 0 spiro atoms. The lowest BCUT2D eigenvalue weighted by Crippen LogP contribution is -1.99. The Kier molecular flexibility index (Phi) is 4.10. The van der Waals surface area contributed by atoms with Crippen molar-refractivity contribution in [3.8, 4) is 0 Å². The molecule has 1 N–H and O–H groups in total. The van der Waals surface area contributed by atoms with Crippen LogP contribution in [0.25, 0.3) is 0 Å². The zero-order chi connectivity index (χ0) is 14.8. The second kappa shape index (κ2) is 5.64. The van der Waals surface area contributed by atoms with E-state index in [2.05, 4.69) is 4.98 Å². The zero-order valence-corrected chi connectivity index (χ0v) is 12.1. The summed E-state index contributed by atoms with van der Waals surface area (Å²) in [6.07, 6.45) is 2.39. The third kappa shape index (κ3) is 3.37. The molecule has 0 radical (unpaired) electrons. The number of aromatic nitrogens is 1. The SMILES string of the molecule is CS(=O)(=O)c1ccccc1Sc1ccc(C(=O)O)cn1. The van der Waals surface area contributed by atoms with E-state index in [1.54, 1.807) is 24.3 Å². The number of carboxylic acid groups (broad SMARTS) is 1. The van der Waals surface area contributed by atoms with E-state index in [4.69, 9.17) is 5.11 Å². The number of hydrogen-bond donors (Lipinski definition) is 1. The van der Waals surface area contributed by atoms with Crippen molar-refractivity contribution in [2.24, 2.45) is 0 Å². The van der Waals surface area contributed by atoms with Crippen LogP contribution in [0.1, 0.15) is 10.4 Å². The van der Waals surface area contributed by atoms with Gasteiger partial charge in [-0.05, 0) is 24.3 Å². The molecule has 0 fully saturated rings. The number of pyridine rings is 1. The smallest absolute Gasteiger partial charge is 0.337 e. The van der Waals surface area contributed by atoms with Gasteiger partial charge in [-0.3, -0.25) is 0 Å². The van der Waals surface area contributed by atoms with Crippen molar-refractivity contribution in [3.05, 3.63) is 48.2 Å². The zero-order valence-electron chi connectivity index (χ0n) is 10.5. The number of hydrogen-bond acceptors (Lipinski definition) is 5. The highest BCUT2D eigenvalue weighted by atomic mass is 32.2. The van der Waals surface area contributed by atoms with Gasteiger partial charge < -0.3 is 5.11 Å². The Hall–Kier alpha value is -1.86. The molecule has 0 amide bonds. The average Bonchev–Trinajstić information content (AvgIpc) is 2.38. The Balaban J connectivity index is 2.33. The topological polar surface area (TPSA) is 84.3 Å². The highest BCUT2D eigenvalue weighted by Gasteiger charge is 2.14. The van der Waals surface area contributed by atoms with E-state index >= 15 is 0 Å². The normalized spacial score (nSPS) is 11.2. The number of sulfone groups is 1. The van der Waals surface area contributed by atoms with E-state index in [0.717, 1.165) is 6.26 Å². The summed E-state index contributed by atoms with van der Waals surface area (Å²) in [4.78, 5) is 15.5. The maximum absolute atomic E-state index is 11.7. The van der Waals surface area contributed by atoms with Crippen LogP contribution >= 0.6 is 11.8 Å². The van der Waals surface area contributed by atoms with Gasteiger partial charge in [-0.2, -0.15) is 0 Å². The third-order valence-corrected chi connectivity index (χ3v) is 4.76. The van der Waals surface area contributed by atoms with Crippen molar-refractivity contribution in [2.45, 2.75) is 14.8 Å². The molecular weight excluding hydrogens is 298 g/mol. The van der Waals surface area contributed by atoms with Crippen LogP contribution in [0, 0.1) is 0 Å². The molecule has 0 unspecified atom stereocenters. The van der Waals surface area contributed by atoms with Crippen LogP contribution in [0.4, 0.5) is 0 Å². The van der Waals surface area contributed by atoms with Gasteiger partial charge in [-0.25, -0.2) is 18.2 Å². The minimum Gasteiger partial charge on any atom is -0.478 e. The van der Waals surface area contributed by atoms with Gasteiger partial charge in [0.15, 0.2) is 9.84 Å². The first-order valence-electron chi connectivity index (χ1n) is 5.54. The fraction of sp³-hybridized carbons (Fsp3) is 0.0769. The van der Waals surface area contributed by atoms with Crippen LogP contribution in [0.5, 0.6) is 0 Å². The molecular formula is C13H11NO4S2. The summed E-state index contributed by atoms with van der Waals surface area (Å²) < 4.78 is 23.4. The molecule has 0 aliphatic heterocycles. The molecule has 2 rings (SSSR count). The first-order chi connectivity index (χ1) is 9.38. The summed E-state index contributed by atoms with van der Waals surface area (Å²) in [7, 11) is -3.32. The van der Waals surface area contributed by atoms with Crippen molar-refractivity contribution < 1.29 is 18.3 Å². The van der Waals surface area contributed by atoms with Crippen molar-refractivity contribution >= 4 is 27.6 Å².